The van der Waals surface area contributed by atoms with Crippen LogP contribution in [0.15, 0.2) is 24.3 Å². The smallest absolute Gasteiger partial charge is 0.123 e. The number of hydrogen-bond acceptors (Lipinski definition) is 2. The molecule has 0 aromatic heterocycles. The summed E-state index contributed by atoms with van der Waals surface area (Å²) in [7, 11) is 0. The minimum absolute atomic E-state index is 0.349. The lowest BCUT2D eigenvalue weighted by molar-refractivity contribution is 0.215. The molecule has 1 aromatic rings. The first-order valence-electron chi connectivity index (χ1n) is 7.38. The predicted octanol–water partition coefficient (Wildman–Crippen LogP) is 2.77. The van der Waals surface area contributed by atoms with E-state index in [2.05, 4.69) is 29.6 Å². The van der Waals surface area contributed by atoms with Gasteiger partial charge in [0, 0.05) is 19.0 Å². The highest BCUT2D eigenvalue weighted by atomic mass is 16.5. The van der Waals surface area contributed by atoms with Crippen LogP contribution in [0.4, 0.5) is 0 Å². The lowest BCUT2D eigenvalue weighted by Gasteiger charge is -2.20. The summed E-state index contributed by atoms with van der Waals surface area (Å²) in [5.41, 5.74) is 1.37. The van der Waals surface area contributed by atoms with Crippen molar-refractivity contribution in [1.29, 1.82) is 0 Å². The van der Waals surface area contributed by atoms with E-state index in [0.717, 1.165) is 36.6 Å². The first kappa shape index (κ1) is 10.9. The number of para-hydroxylation sites is 1. The van der Waals surface area contributed by atoms with E-state index in [0.29, 0.717) is 6.10 Å². The van der Waals surface area contributed by atoms with E-state index < -0.39 is 0 Å². The maximum atomic E-state index is 6.00. The van der Waals surface area contributed by atoms with Gasteiger partial charge in [0.15, 0.2) is 0 Å². The largest absolute Gasteiger partial charge is 0.488 e. The molecule has 96 valence electrons. The van der Waals surface area contributed by atoms with Crippen molar-refractivity contribution >= 4 is 0 Å². The van der Waals surface area contributed by atoms with Gasteiger partial charge in [0.05, 0.1) is 0 Å². The molecule has 1 aliphatic heterocycles. The highest BCUT2D eigenvalue weighted by molar-refractivity contribution is 5.37. The Hall–Kier alpha value is -1.02. The zero-order valence-electron chi connectivity index (χ0n) is 10.8. The van der Waals surface area contributed by atoms with Crippen molar-refractivity contribution in [2.45, 2.75) is 44.2 Å². The van der Waals surface area contributed by atoms with Crippen LogP contribution in [0.2, 0.25) is 0 Å². The molecule has 1 unspecified atom stereocenters. The normalized spacial score (nSPS) is 26.2. The van der Waals surface area contributed by atoms with Gasteiger partial charge in [-0.3, -0.25) is 0 Å². The molecule has 2 heteroatoms. The molecule has 1 atom stereocenters. The van der Waals surface area contributed by atoms with Gasteiger partial charge in [0.25, 0.3) is 0 Å². The second-order valence-electron chi connectivity index (χ2n) is 6.16. The lowest BCUT2D eigenvalue weighted by atomic mass is 10.1. The third-order valence-corrected chi connectivity index (χ3v) is 4.55. The summed E-state index contributed by atoms with van der Waals surface area (Å²) < 4.78 is 6.00. The third kappa shape index (κ3) is 2.14. The van der Waals surface area contributed by atoms with Gasteiger partial charge in [-0.15, -0.1) is 0 Å². The van der Waals surface area contributed by atoms with Crippen molar-refractivity contribution in [3.63, 3.8) is 0 Å². The summed E-state index contributed by atoms with van der Waals surface area (Å²) in [6.07, 6.45) is 7.20. The summed E-state index contributed by atoms with van der Waals surface area (Å²) in [6, 6.07) is 9.24. The molecule has 1 aromatic carbocycles. The van der Waals surface area contributed by atoms with E-state index in [-0.39, 0.29) is 0 Å². The SMILES string of the molecule is c1ccc2c(c1)CC(CNC(C1CC1)C1CC1)O2. The Labute approximate surface area is 109 Å². The molecule has 2 nitrogen and oxygen atoms in total. The van der Waals surface area contributed by atoms with Gasteiger partial charge < -0.3 is 10.1 Å². The zero-order valence-corrected chi connectivity index (χ0v) is 10.8. The van der Waals surface area contributed by atoms with Crippen molar-refractivity contribution in [2.75, 3.05) is 6.54 Å². The molecule has 2 fully saturated rings. The molecule has 0 radical (unpaired) electrons. The van der Waals surface area contributed by atoms with Gasteiger partial charge in [-0.1, -0.05) is 18.2 Å². The average molecular weight is 243 g/mol. The number of ether oxygens (including phenoxy) is 1. The number of benzene rings is 1. The lowest BCUT2D eigenvalue weighted by Crippen LogP contribution is -2.40. The van der Waals surface area contributed by atoms with Gasteiger partial charge in [-0.05, 0) is 49.1 Å². The van der Waals surface area contributed by atoms with E-state index >= 15 is 0 Å². The van der Waals surface area contributed by atoms with E-state index in [1.54, 1.807) is 0 Å². The molecule has 18 heavy (non-hydrogen) atoms. The fourth-order valence-corrected chi connectivity index (χ4v) is 3.26. The molecule has 4 rings (SSSR count). The Balaban J connectivity index is 1.34. The number of hydrogen-bond donors (Lipinski definition) is 1. The number of nitrogens with one attached hydrogen (secondary N) is 1. The van der Waals surface area contributed by atoms with E-state index in [9.17, 15) is 0 Å². The van der Waals surface area contributed by atoms with Crippen LogP contribution in [0, 0.1) is 11.8 Å². The van der Waals surface area contributed by atoms with Crippen LogP contribution in [0.25, 0.3) is 0 Å². The Morgan fingerprint density at radius 3 is 2.50 bits per heavy atom. The Bertz CT molecular complexity index is 399. The molecule has 1 heterocycles. The minimum atomic E-state index is 0.349. The van der Waals surface area contributed by atoms with Crippen LogP contribution < -0.4 is 10.1 Å². The second kappa shape index (κ2) is 4.27. The molecule has 0 bridgehead atoms. The van der Waals surface area contributed by atoms with Crippen LogP contribution >= 0.6 is 0 Å². The van der Waals surface area contributed by atoms with Crippen molar-refractivity contribution in [3.05, 3.63) is 29.8 Å². The summed E-state index contributed by atoms with van der Waals surface area (Å²) in [5, 5.41) is 3.80. The first-order valence-corrected chi connectivity index (χ1v) is 7.38. The van der Waals surface area contributed by atoms with Gasteiger partial charge in [0.1, 0.15) is 11.9 Å². The number of fused-ring (bicyclic) bond motifs is 1. The van der Waals surface area contributed by atoms with Crippen molar-refractivity contribution in [2.24, 2.45) is 11.8 Å². The Morgan fingerprint density at radius 2 is 1.83 bits per heavy atom. The van der Waals surface area contributed by atoms with E-state index in [4.69, 9.17) is 4.74 Å². The average Bonchev–Trinajstić information content (AvgIpc) is 3.28. The summed E-state index contributed by atoms with van der Waals surface area (Å²) >= 11 is 0. The maximum absolute atomic E-state index is 6.00. The maximum Gasteiger partial charge on any atom is 0.123 e. The molecular formula is C16H21NO. The van der Waals surface area contributed by atoms with Crippen LogP contribution in [-0.2, 0) is 6.42 Å². The summed E-state index contributed by atoms with van der Waals surface area (Å²) in [4.78, 5) is 0. The van der Waals surface area contributed by atoms with Crippen molar-refractivity contribution in [1.82, 2.24) is 5.32 Å². The fraction of sp³-hybridized carbons (Fsp3) is 0.625. The predicted molar refractivity (Wildman–Crippen MR) is 71.8 cm³/mol. The highest BCUT2D eigenvalue weighted by Gasteiger charge is 2.41. The quantitative estimate of drug-likeness (QED) is 0.858. The van der Waals surface area contributed by atoms with Crippen LogP contribution in [0.1, 0.15) is 31.2 Å². The molecule has 0 saturated heterocycles. The molecule has 0 spiro atoms. The Kier molecular flexibility index (Phi) is 2.58. The van der Waals surface area contributed by atoms with Crippen LogP contribution in [-0.4, -0.2) is 18.7 Å². The monoisotopic (exact) mass is 243 g/mol. The number of rotatable bonds is 5. The van der Waals surface area contributed by atoms with Crippen LogP contribution in [0.3, 0.4) is 0 Å². The fourth-order valence-electron chi connectivity index (χ4n) is 3.26. The second-order valence-corrected chi connectivity index (χ2v) is 6.16. The van der Waals surface area contributed by atoms with Crippen molar-refractivity contribution in [3.8, 4) is 5.75 Å². The summed E-state index contributed by atoms with van der Waals surface area (Å²) in [5.74, 6) is 3.04. The molecular weight excluding hydrogens is 222 g/mol. The van der Waals surface area contributed by atoms with Gasteiger partial charge >= 0.3 is 0 Å². The van der Waals surface area contributed by atoms with Gasteiger partial charge in [0.2, 0.25) is 0 Å². The topological polar surface area (TPSA) is 21.3 Å². The van der Waals surface area contributed by atoms with Gasteiger partial charge in [-0.25, -0.2) is 0 Å². The summed E-state index contributed by atoms with van der Waals surface area (Å²) in [6.45, 7) is 1.02. The third-order valence-electron chi connectivity index (χ3n) is 4.55. The van der Waals surface area contributed by atoms with Crippen molar-refractivity contribution < 1.29 is 4.74 Å². The molecule has 3 aliphatic rings. The standard InChI is InChI=1S/C16H21NO/c1-2-4-15-13(3-1)9-14(18-15)10-17-16(11-5-6-11)12-7-8-12/h1-4,11-12,14,16-17H,5-10H2. The molecule has 1 N–H and O–H groups in total. The zero-order chi connectivity index (χ0) is 11.9. The van der Waals surface area contributed by atoms with E-state index in [1.165, 1.54) is 31.2 Å². The van der Waals surface area contributed by atoms with E-state index in [1.807, 2.05) is 0 Å². The molecule has 2 saturated carbocycles. The van der Waals surface area contributed by atoms with Crippen LogP contribution in [0.5, 0.6) is 5.75 Å². The Morgan fingerprint density at radius 1 is 1.11 bits per heavy atom. The molecule has 2 aliphatic carbocycles. The minimum Gasteiger partial charge on any atom is -0.488 e. The molecule has 0 amide bonds. The first-order chi connectivity index (χ1) is 8.90. The van der Waals surface area contributed by atoms with Gasteiger partial charge in [-0.2, -0.15) is 0 Å². The highest BCUT2D eigenvalue weighted by Crippen LogP contribution is 2.44.